The van der Waals surface area contributed by atoms with Crippen molar-refractivity contribution < 1.29 is 14.0 Å². The molecule has 4 nitrogen and oxygen atoms in total. The van der Waals surface area contributed by atoms with Crippen molar-refractivity contribution in [1.29, 1.82) is 0 Å². The predicted octanol–water partition coefficient (Wildman–Crippen LogP) is 7.89. The first-order chi connectivity index (χ1) is 16.8. The number of rotatable bonds is 6. The molecule has 0 radical (unpaired) electrons. The zero-order valence-corrected chi connectivity index (χ0v) is 22.2. The Bertz CT molecular complexity index is 1310. The average molecular weight is 513 g/mol. The SMILES string of the molecule is CC.CCC(=O)C1=C(CC)Nc2sc(C(=O)c3ccc(C)c(Cl)c3)c(N)c2[C@@H]1c1ccccc1F. The van der Waals surface area contributed by atoms with Crippen molar-refractivity contribution in [2.24, 2.45) is 0 Å². The molecule has 1 atom stereocenters. The molecule has 3 N–H and O–H groups in total. The average Bonchev–Trinajstić information content (AvgIpc) is 3.21. The third kappa shape index (κ3) is 4.91. The summed E-state index contributed by atoms with van der Waals surface area (Å²) in [5.74, 6) is -1.45. The molecule has 2 heterocycles. The number of hydrogen-bond acceptors (Lipinski definition) is 5. The highest BCUT2D eigenvalue weighted by Gasteiger charge is 2.38. The lowest BCUT2D eigenvalue weighted by Gasteiger charge is -2.30. The van der Waals surface area contributed by atoms with Crippen LogP contribution in [-0.2, 0) is 4.79 Å². The molecule has 4 rings (SSSR count). The van der Waals surface area contributed by atoms with E-state index in [2.05, 4.69) is 5.32 Å². The zero-order chi connectivity index (χ0) is 25.9. The Kier molecular flexibility index (Phi) is 8.51. The fourth-order valence-corrected chi connectivity index (χ4v) is 5.54. The van der Waals surface area contributed by atoms with Gasteiger partial charge in [0.15, 0.2) is 5.78 Å². The second kappa shape index (κ2) is 11.2. The first-order valence-corrected chi connectivity index (χ1v) is 13.0. The summed E-state index contributed by atoms with van der Waals surface area (Å²) in [6, 6.07) is 11.5. The van der Waals surface area contributed by atoms with Gasteiger partial charge in [0.2, 0.25) is 5.78 Å². The highest BCUT2D eigenvalue weighted by atomic mass is 35.5. The molecule has 0 saturated heterocycles. The quantitative estimate of drug-likeness (QED) is 0.329. The van der Waals surface area contributed by atoms with Crippen LogP contribution < -0.4 is 11.1 Å². The lowest BCUT2D eigenvalue weighted by molar-refractivity contribution is -0.115. The number of aryl methyl sites for hydroxylation is 1. The Labute approximate surface area is 215 Å². The Balaban J connectivity index is 0.00000167. The number of carbonyl (C=O) groups excluding carboxylic acids is 2. The van der Waals surface area contributed by atoms with Crippen LogP contribution in [0.5, 0.6) is 0 Å². The van der Waals surface area contributed by atoms with Crippen molar-refractivity contribution in [1.82, 2.24) is 0 Å². The molecule has 35 heavy (non-hydrogen) atoms. The Hall–Kier alpha value is -2.96. The molecule has 0 aliphatic carbocycles. The molecular formula is C28H30ClFN2O2S. The Morgan fingerprint density at radius 1 is 1.14 bits per heavy atom. The summed E-state index contributed by atoms with van der Waals surface area (Å²) in [6.45, 7) is 9.58. The fraction of sp³-hybridized carbons (Fsp3) is 0.286. The van der Waals surface area contributed by atoms with Gasteiger partial charge in [0.05, 0.1) is 10.7 Å². The summed E-state index contributed by atoms with van der Waals surface area (Å²) >= 11 is 7.46. The standard InChI is InChI=1S/C26H24ClFN2O2S.C2H6/c1-4-18-21(19(31)5-2)20(15-8-6-7-9-17(15)28)22-23(29)25(33-26(22)30-18)24(32)14-11-10-13(3)16(27)12-14;1-2/h6-12,20,30H,4-5,29H2,1-3H3;1-2H3/t20-;/m1./s1. The van der Waals surface area contributed by atoms with E-state index < -0.39 is 11.7 Å². The second-order valence-electron chi connectivity index (χ2n) is 7.98. The van der Waals surface area contributed by atoms with Crippen LogP contribution in [0.2, 0.25) is 5.02 Å². The van der Waals surface area contributed by atoms with Gasteiger partial charge in [0.1, 0.15) is 10.7 Å². The van der Waals surface area contributed by atoms with Crippen LogP contribution in [0.4, 0.5) is 15.1 Å². The van der Waals surface area contributed by atoms with E-state index in [1.807, 2.05) is 27.7 Å². The maximum atomic E-state index is 15.0. The molecule has 2 aromatic carbocycles. The van der Waals surface area contributed by atoms with Gasteiger partial charge in [-0.25, -0.2) is 4.39 Å². The van der Waals surface area contributed by atoms with E-state index in [0.717, 1.165) is 11.3 Å². The molecule has 184 valence electrons. The van der Waals surface area contributed by atoms with E-state index in [1.54, 1.807) is 43.3 Å². The molecular weight excluding hydrogens is 483 g/mol. The summed E-state index contributed by atoms with van der Waals surface area (Å²) in [5, 5.41) is 4.47. The summed E-state index contributed by atoms with van der Waals surface area (Å²) < 4.78 is 15.0. The van der Waals surface area contributed by atoms with Crippen LogP contribution in [0.3, 0.4) is 0 Å². The van der Waals surface area contributed by atoms with Gasteiger partial charge in [-0.2, -0.15) is 0 Å². The van der Waals surface area contributed by atoms with E-state index in [1.165, 1.54) is 17.4 Å². The number of Topliss-reactive ketones (excluding diaryl/α,β-unsaturated/α-hetero) is 1. The number of fused-ring (bicyclic) bond motifs is 1. The smallest absolute Gasteiger partial charge is 0.205 e. The minimum atomic E-state index is -0.691. The highest BCUT2D eigenvalue weighted by molar-refractivity contribution is 7.19. The predicted molar refractivity (Wildman–Crippen MR) is 144 cm³/mol. The highest BCUT2D eigenvalue weighted by Crippen LogP contribution is 2.51. The number of ketones is 2. The van der Waals surface area contributed by atoms with Crippen LogP contribution in [-0.4, -0.2) is 11.6 Å². The number of halogens is 2. The van der Waals surface area contributed by atoms with Crippen LogP contribution in [0.25, 0.3) is 0 Å². The van der Waals surface area contributed by atoms with Crippen LogP contribution in [0.1, 0.15) is 78.4 Å². The topological polar surface area (TPSA) is 72.2 Å². The number of benzene rings is 2. The summed E-state index contributed by atoms with van der Waals surface area (Å²) in [6.07, 6.45) is 0.832. The maximum absolute atomic E-state index is 15.0. The van der Waals surface area contributed by atoms with E-state index in [-0.39, 0.29) is 23.7 Å². The van der Waals surface area contributed by atoms with E-state index in [4.69, 9.17) is 17.3 Å². The minimum Gasteiger partial charge on any atom is -0.397 e. The molecule has 1 aliphatic rings. The first kappa shape index (κ1) is 26.6. The van der Waals surface area contributed by atoms with Crippen molar-refractivity contribution in [2.45, 2.75) is 53.4 Å². The number of nitrogens with two attached hydrogens (primary N) is 1. The molecule has 1 aromatic heterocycles. The van der Waals surface area contributed by atoms with Gasteiger partial charge in [-0.15, -0.1) is 11.3 Å². The number of nitrogen functional groups attached to an aromatic ring is 1. The van der Waals surface area contributed by atoms with Gasteiger partial charge in [-0.3, -0.25) is 9.59 Å². The van der Waals surface area contributed by atoms with Gasteiger partial charge >= 0.3 is 0 Å². The number of thiophene rings is 1. The number of carbonyl (C=O) groups is 2. The molecule has 0 saturated carbocycles. The van der Waals surface area contributed by atoms with Crippen LogP contribution >= 0.6 is 22.9 Å². The molecule has 7 heteroatoms. The number of nitrogens with one attached hydrogen (secondary N) is 1. The van der Waals surface area contributed by atoms with Gasteiger partial charge in [0, 0.05) is 45.3 Å². The molecule has 3 aromatic rings. The molecule has 0 bridgehead atoms. The Morgan fingerprint density at radius 3 is 2.43 bits per heavy atom. The third-order valence-corrected chi connectivity index (χ3v) is 7.52. The fourth-order valence-electron chi connectivity index (χ4n) is 4.21. The van der Waals surface area contributed by atoms with Crippen LogP contribution in [0, 0.1) is 12.7 Å². The summed E-state index contributed by atoms with van der Waals surface area (Å²) in [4.78, 5) is 26.8. The molecule has 0 unspecified atom stereocenters. The van der Waals surface area contributed by atoms with Crippen molar-refractivity contribution >= 4 is 45.2 Å². The van der Waals surface area contributed by atoms with Crippen molar-refractivity contribution in [3.05, 3.63) is 91.7 Å². The Morgan fingerprint density at radius 2 is 1.83 bits per heavy atom. The third-order valence-electron chi connectivity index (χ3n) is 5.98. The lowest BCUT2D eigenvalue weighted by atomic mass is 9.78. The molecule has 0 spiro atoms. The maximum Gasteiger partial charge on any atom is 0.205 e. The molecule has 0 fully saturated rings. The van der Waals surface area contributed by atoms with E-state index in [0.29, 0.717) is 43.6 Å². The van der Waals surface area contributed by atoms with Crippen molar-refractivity contribution in [2.75, 3.05) is 11.1 Å². The number of anilines is 2. The van der Waals surface area contributed by atoms with Gasteiger partial charge in [-0.1, -0.05) is 69.6 Å². The number of allylic oxidation sites excluding steroid dienone is 2. The normalized spacial score (nSPS) is 14.5. The largest absolute Gasteiger partial charge is 0.397 e. The van der Waals surface area contributed by atoms with E-state index >= 15 is 4.39 Å². The minimum absolute atomic E-state index is 0.0814. The van der Waals surface area contributed by atoms with Crippen molar-refractivity contribution in [3.8, 4) is 0 Å². The van der Waals surface area contributed by atoms with E-state index in [9.17, 15) is 9.59 Å². The molecule has 1 aliphatic heterocycles. The van der Waals surface area contributed by atoms with Gasteiger partial charge in [-0.05, 0) is 31.0 Å². The zero-order valence-electron chi connectivity index (χ0n) is 20.6. The lowest BCUT2D eigenvalue weighted by Crippen LogP contribution is -2.24. The summed E-state index contributed by atoms with van der Waals surface area (Å²) in [5.41, 5.74) is 10.3. The molecule has 0 amide bonds. The summed E-state index contributed by atoms with van der Waals surface area (Å²) in [7, 11) is 0. The first-order valence-electron chi connectivity index (χ1n) is 11.8. The van der Waals surface area contributed by atoms with Crippen LogP contribution in [0.15, 0.2) is 53.7 Å². The monoisotopic (exact) mass is 512 g/mol. The second-order valence-corrected chi connectivity index (χ2v) is 9.41. The van der Waals surface area contributed by atoms with Crippen molar-refractivity contribution in [3.63, 3.8) is 0 Å². The van der Waals surface area contributed by atoms with Gasteiger partial charge in [0.25, 0.3) is 0 Å². The van der Waals surface area contributed by atoms with Gasteiger partial charge < -0.3 is 11.1 Å². The number of hydrogen-bond donors (Lipinski definition) is 2.